The summed E-state index contributed by atoms with van der Waals surface area (Å²) in [5, 5.41) is 7.95. The van der Waals surface area contributed by atoms with Crippen molar-refractivity contribution in [1.82, 2.24) is 24.6 Å². The molecule has 22 heavy (non-hydrogen) atoms. The highest BCUT2D eigenvalue weighted by molar-refractivity contribution is 5.77. The fourth-order valence-electron chi connectivity index (χ4n) is 3.80. The van der Waals surface area contributed by atoms with Gasteiger partial charge in [-0.05, 0) is 25.3 Å². The standard InChI is InChI=1S/C16H27N5O/c1-12(2)14-10-20-8-4-5-13(20)9-21(14)16(22)7-6-15-18-17-11-19(15)3/h11-14H,4-10H2,1-3H3/t13-,14-/m0/s1. The van der Waals surface area contributed by atoms with E-state index in [9.17, 15) is 4.79 Å². The van der Waals surface area contributed by atoms with Crippen LogP contribution in [0.4, 0.5) is 0 Å². The van der Waals surface area contributed by atoms with Crippen molar-refractivity contribution in [2.24, 2.45) is 13.0 Å². The monoisotopic (exact) mass is 305 g/mol. The number of rotatable bonds is 4. The van der Waals surface area contributed by atoms with Crippen LogP contribution in [0.15, 0.2) is 6.33 Å². The number of hydrogen-bond acceptors (Lipinski definition) is 4. The minimum absolute atomic E-state index is 0.272. The van der Waals surface area contributed by atoms with Gasteiger partial charge in [-0.1, -0.05) is 13.8 Å². The molecule has 6 nitrogen and oxygen atoms in total. The molecule has 1 aromatic rings. The van der Waals surface area contributed by atoms with Crippen molar-refractivity contribution < 1.29 is 4.79 Å². The number of aryl methyl sites for hydroxylation is 2. The van der Waals surface area contributed by atoms with Crippen molar-refractivity contribution in [2.45, 2.75) is 51.6 Å². The van der Waals surface area contributed by atoms with Crippen molar-refractivity contribution in [3.8, 4) is 0 Å². The van der Waals surface area contributed by atoms with Crippen molar-refractivity contribution >= 4 is 5.91 Å². The summed E-state index contributed by atoms with van der Waals surface area (Å²) in [4.78, 5) is 17.5. The fraction of sp³-hybridized carbons (Fsp3) is 0.812. The van der Waals surface area contributed by atoms with Crippen LogP contribution in [0.5, 0.6) is 0 Å². The zero-order chi connectivity index (χ0) is 15.7. The Hall–Kier alpha value is -1.43. The van der Waals surface area contributed by atoms with Gasteiger partial charge in [0.05, 0.1) is 0 Å². The highest BCUT2D eigenvalue weighted by atomic mass is 16.2. The highest BCUT2D eigenvalue weighted by Gasteiger charge is 2.39. The average Bonchev–Trinajstić information content (AvgIpc) is 3.11. The second-order valence-corrected chi connectivity index (χ2v) is 7.01. The van der Waals surface area contributed by atoms with E-state index in [1.54, 1.807) is 6.33 Å². The number of piperazine rings is 1. The number of fused-ring (bicyclic) bond motifs is 1. The Morgan fingerprint density at radius 3 is 2.91 bits per heavy atom. The van der Waals surface area contributed by atoms with Crippen LogP contribution in [-0.2, 0) is 18.3 Å². The SMILES string of the molecule is CC(C)[C@@H]1CN2CCC[C@H]2CN1C(=O)CCc1nncn1C. The maximum atomic E-state index is 12.8. The van der Waals surface area contributed by atoms with Gasteiger partial charge in [0.1, 0.15) is 12.2 Å². The summed E-state index contributed by atoms with van der Waals surface area (Å²) in [6.07, 6.45) is 5.40. The normalized spacial score (nSPS) is 25.7. The lowest BCUT2D eigenvalue weighted by atomic mass is 9.96. The van der Waals surface area contributed by atoms with E-state index < -0.39 is 0 Å². The molecule has 0 spiro atoms. The van der Waals surface area contributed by atoms with E-state index in [0.717, 1.165) is 18.9 Å². The van der Waals surface area contributed by atoms with Gasteiger partial charge in [0.25, 0.3) is 0 Å². The molecule has 0 unspecified atom stereocenters. The Kier molecular flexibility index (Phi) is 4.47. The molecule has 0 N–H and O–H groups in total. The molecule has 2 saturated heterocycles. The molecule has 0 bridgehead atoms. The van der Waals surface area contributed by atoms with Crippen molar-refractivity contribution in [3.05, 3.63) is 12.2 Å². The maximum absolute atomic E-state index is 12.8. The quantitative estimate of drug-likeness (QED) is 0.835. The average molecular weight is 305 g/mol. The molecular weight excluding hydrogens is 278 g/mol. The van der Waals surface area contributed by atoms with Gasteiger partial charge in [-0.3, -0.25) is 9.69 Å². The number of hydrogen-bond donors (Lipinski definition) is 0. The minimum atomic E-state index is 0.272. The van der Waals surface area contributed by atoms with Crippen molar-refractivity contribution in [3.63, 3.8) is 0 Å². The van der Waals surface area contributed by atoms with Crippen LogP contribution in [0.1, 0.15) is 38.9 Å². The predicted molar refractivity (Wildman–Crippen MR) is 84.3 cm³/mol. The lowest BCUT2D eigenvalue weighted by molar-refractivity contribution is -0.138. The van der Waals surface area contributed by atoms with E-state index in [4.69, 9.17) is 0 Å². The van der Waals surface area contributed by atoms with Crippen LogP contribution < -0.4 is 0 Å². The van der Waals surface area contributed by atoms with Crippen molar-refractivity contribution in [2.75, 3.05) is 19.6 Å². The molecule has 0 saturated carbocycles. The maximum Gasteiger partial charge on any atom is 0.223 e. The highest BCUT2D eigenvalue weighted by Crippen LogP contribution is 2.28. The molecule has 0 radical (unpaired) electrons. The van der Waals surface area contributed by atoms with Crippen LogP contribution in [0, 0.1) is 5.92 Å². The van der Waals surface area contributed by atoms with Crippen LogP contribution in [0.2, 0.25) is 0 Å². The minimum Gasteiger partial charge on any atom is -0.337 e. The second-order valence-electron chi connectivity index (χ2n) is 7.01. The Balaban J connectivity index is 1.65. The summed E-state index contributed by atoms with van der Waals surface area (Å²) in [5.74, 6) is 1.66. The zero-order valence-corrected chi connectivity index (χ0v) is 13.9. The van der Waals surface area contributed by atoms with Crippen LogP contribution in [0.3, 0.4) is 0 Å². The van der Waals surface area contributed by atoms with Crippen LogP contribution >= 0.6 is 0 Å². The lowest BCUT2D eigenvalue weighted by Gasteiger charge is -2.45. The van der Waals surface area contributed by atoms with E-state index in [1.165, 1.54) is 19.4 Å². The first-order chi connectivity index (χ1) is 10.6. The third kappa shape index (κ3) is 3.02. The first-order valence-electron chi connectivity index (χ1n) is 8.42. The van der Waals surface area contributed by atoms with Gasteiger partial charge in [-0.15, -0.1) is 10.2 Å². The first-order valence-corrected chi connectivity index (χ1v) is 8.42. The van der Waals surface area contributed by atoms with Gasteiger partial charge in [0.15, 0.2) is 0 Å². The Bertz CT molecular complexity index is 526. The Morgan fingerprint density at radius 1 is 1.41 bits per heavy atom. The number of aromatic nitrogens is 3. The van der Waals surface area contributed by atoms with Crippen LogP contribution in [0.25, 0.3) is 0 Å². The lowest BCUT2D eigenvalue weighted by Crippen LogP contribution is -2.59. The summed E-state index contributed by atoms with van der Waals surface area (Å²) < 4.78 is 1.89. The number of carbonyl (C=O) groups excluding carboxylic acids is 1. The zero-order valence-electron chi connectivity index (χ0n) is 13.9. The molecule has 1 amide bonds. The second kappa shape index (κ2) is 6.36. The molecule has 3 heterocycles. The van der Waals surface area contributed by atoms with Gasteiger partial charge in [0.2, 0.25) is 5.91 Å². The number of amides is 1. The summed E-state index contributed by atoms with van der Waals surface area (Å²) in [5.41, 5.74) is 0. The molecule has 122 valence electrons. The molecule has 0 aliphatic carbocycles. The molecule has 6 heteroatoms. The van der Waals surface area contributed by atoms with Gasteiger partial charge in [-0.25, -0.2) is 0 Å². The molecule has 3 rings (SSSR count). The molecule has 2 aliphatic rings. The fourth-order valence-corrected chi connectivity index (χ4v) is 3.80. The van der Waals surface area contributed by atoms with Gasteiger partial charge < -0.3 is 9.47 Å². The van der Waals surface area contributed by atoms with E-state index in [2.05, 4.69) is 33.8 Å². The van der Waals surface area contributed by atoms with E-state index in [-0.39, 0.29) is 5.91 Å². The van der Waals surface area contributed by atoms with Gasteiger partial charge >= 0.3 is 0 Å². The third-order valence-corrected chi connectivity index (χ3v) is 5.19. The summed E-state index contributed by atoms with van der Waals surface area (Å²) in [7, 11) is 1.92. The summed E-state index contributed by atoms with van der Waals surface area (Å²) >= 11 is 0. The van der Waals surface area contributed by atoms with Crippen molar-refractivity contribution in [1.29, 1.82) is 0 Å². The molecule has 2 fully saturated rings. The van der Waals surface area contributed by atoms with Gasteiger partial charge in [-0.2, -0.15) is 0 Å². The molecule has 2 atom stereocenters. The van der Waals surface area contributed by atoms with E-state index in [1.807, 2.05) is 11.6 Å². The van der Waals surface area contributed by atoms with E-state index >= 15 is 0 Å². The smallest absolute Gasteiger partial charge is 0.223 e. The Labute approximate surface area is 132 Å². The largest absolute Gasteiger partial charge is 0.337 e. The summed E-state index contributed by atoms with van der Waals surface area (Å²) in [6, 6.07) is 0.926. The number of carbonyl (C=O) groups is 1. The molecule has 2 aliphatic heterocycles. The molecule has 0 aromatic carbocycles. The Morgan fingerprint density at radius 2 is 2.23 bits per heavy atom. The van der Waals surface area contributed by atoms with Gasteiger partial charge in [0, 0.05) is 45.1 Å². The van der Waals surface area contributed by atoms with E-state index in [0.29, 0.717) is 30.8 Å². The summed E-state index contributed by atoms with van der Waals surface area (Å²) in [6.45, 7) is 7.60. The third-order valence-electron chi connectivity index (χ3n) is 5.19. The predicted octanol–water partition coefficient (Wildman–Crippen LogP) is 1.08. The first kappa shape index (κ1) is 15.5. The topological polar surface area (TPSA) is 54.3 Å². The molecule has 1 aromatic heterocycles. The number of nitrogens with zero attached hydrogens (tertiary/aromatic N) is 5. The van der Waals surface area contributed by atoms with Crippen LogP contribution in [-0.4, -0.2) is 62.2 Å². The molecular formula is C16H27N5O.